The average molecular weight is 308 g/mol. The van der Waals surface area contributed by atoms with E-state index in [1.54, 1.807) is 19.1 Å². The van der Waals surface area contributed by atoms with Crippen LogP contribution in [0.4, 0.5) is 4.39 Å². The fraction of sp³-hybridized carbons (Fsp3) is 0.200. The van der Waals surface area contributed by atoms with Gasteiger partial charge in [0.25, 0.3) is 0 Å². The quantitative estimate of drug-likeness (QED) is 0.906. The summed E-state index contributed by atoms with van der Waals surface area (Å²) in [5.41, 5.74) is 8.41. The molecule has 0 saturated carbocycles. The Labute approximate surface area is 115 Å². The second-order valence-corrected chi connectivity index (χ2v) is 5.33. The lowest BCUT2D eigenvalue weighted by Crippen LogP contribution is -2.15. The van der Waals surface area contributed by atoms with Gasteiger partial charge in [-0.1, -0.05) is 46.3 Å². The summed E-state index contributed by atoms with van der Waals surface area (Å²) in [6, 6.07) is 13.0. The summed E-state index contributed by atoms with van der Waals surface area (Å²) in [5, 5.41) is 0. The van der Waals surface area contributed by atoms with E-state index >= 15 is 0 Å². The molecule has 94 valence electrons. The lowest BCUT2D eigenvalue weighted by molar-refractivity contribution is 0.573. The Kier molecular flexibility index (Phi) is 4.15. The van der Waals surface area contributed by atoms with E-state index in [0.29, 0.717) is 17.5 Å². The van der Waals surface area contributed by atoms with Gasteiger partial charge in [0.2, 0.25) is 0 Å². The first-order chi connectivity index (χ1) is 8.58. The van der Waals surface area contributed by atoms with E-state index in [4.69, 9.17) is 5.73 Å². The highest BCUT2D eigenvalue weighted by Gasteiger charge is 2.13. The van der Waals surface area contributed by atoms with Crippen LogP contribution >= 0.6 is 15.9 Å². The summed E-state index contributed by atoms with van der Waals surface area (Å²) in [6.45, 7) is 1.76. The van der Waals surface area contributed by atoms with Crippen molar-refractivity contribution in [3.8, 4) is 0 Å². The molecule has 2 rings (SSSR count). The van der Waals surface area contributed by atoms with E-state index in [0.717, 1.165) is 10.0 Å². The van der Waals surface area contributed by atoms with Crippen LogP contribution in [0.25, 0.3) is 0 Å². The molecule has 0 aliphatic rings. The van der Waals surface area contributed by atoms with Crippen molar-refractivity contribution in [2.45, 2.75) is 19.4 Å². The molecule has 0 fully saturated rings. The second-order valence-electron chi connectivity index (χ2n) is 4.42. The Balaban J connectivity index is 2.19. The van der Waals surface area contributed by atoms with Crippen molar-refractivity contribution >= 4 is 15.9 Å². The molecule has 2 aromatic rings. The molecule has 1 atom stereocenters. The van der Waals surface area contributed by atoms with Gasteiger partial charge < -0.3 is 5.73 Å². The molecule has 0 heterocycles. The molecule has 18 heavy (non-hydrogen) atoms. The highest BCUT2D eigenvalue weighted by molar-refractivity contribution is 9.10. The van der Waals surface area contributed by atoms with Gasteiger partial charge in [0.1, 0.15) is 5.82 Å². The predicted octanol–water partition coefficient (Wildman–Crippen LogP) is 4.14. The van der Waals surface area contributed by atoms with E-state index in [9.17, 15) is 4.39 Å². The third kappa shape index (κ3) is 2.98. The summed E-state index contributed by atoms with van der Waals surface area (Å²) in [5.74, 6) is -0.192. The summed E-state index contributed by atoms with van der Waals surface area (Å²) in [4.78, 5) is 0. The van der Waals surface area contributed by atoms with Crippen molar-refractivity contribution in [1.82, 2.24) is 0 Å². The smallest absolute Gasteiger partial charge is 0.130 e. The van der Waals surface area contributed by atoms with Crippen LogP contribution in [0.3, 0.4) is 0 Å². The van der Waals surface area contributed by atoms with E-state index in [1.165, 1.54) is 0 Å². The monoisotopic (exact) mass is 307 g/mol. The van der Waals surface area contributed by atoms with Crippen molar-refractivity contribution < 1.29 is 4.39 Å². The zero-order valence-electron chi connectivity index (χ0n) is 10.2. The minimum absolute atomic E-state index is 0.192. The second kappa shape index (κ2) is 5.63. The van der Waals surface area contributed by atoms with Crippen molar-refractivity contribution in [3.63, 3.8) is 0 Å². The first-order valence-electron chi connectivity index (χ1n) is 5.83. The molecule has 0 aliphatic heterocycles. The molecule has 0 amide bonds. The van der Waals surface area contributed by atoms with Crippen LogP contribution in [0.5, 0.6) is 0 Å². The van der Waals surface area contributed by atoms with Crippen LogP contribution in [0.2, 0.25) is 0 Å². The summed E-state index contributed by atoms with van der Waals surface area (Å²) >= 11 is 3.39. The van der Waals surface area contributed by atoms with Crippen LogP contribution in [0.15, 0.2) is 46.9 Å². The third-order valence-electron chi connectivity index (χ3n) is 2.99. The maximum absolute atomic E-state index is 13.9. The molecule has 0 aliphatic carbocycles. The maximum Gasteiger partial charge on any atom is 0.130 e. The first-order valence-corrected chi connectivity index (χ1v) is 6.62. The SMILES string of the molecule is Cc1cccc(C(N)Cc2ccc(Br)cc2)c1F. The minimum Gasteiger partial charge on any atom is -0.324 e. The van der Waals surface area contributed by atoms with Gasteiger partial charge in [-0.2, -0.15) is 0 Å². The van der Waals surface area contributed by atoms with Crippen LogP contribution < -0.4 is 5.73 Å². The summed E-state index contributed by atoms with van der Waals surface area (Å²) < 4.78 is 15.0. The molecule has 1 nitrogen and oxygen atoms in total. The zero-order valence-corrected chi connectivity index (χ0v) is 11.7. The molecular weight excluding hydrogens is 293 g/mol. The number of hydrogen-bond donors (Lipinski definition) is 1. The minimum atomic E-state index is -0.314. The molecule has 3 heteroatoms. The van der Waals surface area contributed by atoms with Crippen molar-refractivity contribution in [2.75, 3.05) is 0 Å². The molecule has 2 N–H and O–H groups in total. The Bertz CT molecular complexity index is 537. The van der Waals surface area contributed by atoms with Gasteiger partial charge in [-0.25, -0.2) is 4.39 Å². The van der Waals surface area contributed by atoms with E-state index in [2.05, 4.69) is 15.9 Å². The fourth-order valence-corrected chi connectivity index (χ4v) is 2.21. The topological polar surface area (TPSA) is 26.0 Å². The Morgan fingerprint density at radius 3 is 2.50 bits per heavy atom. The standard InChI is InChI=1S/C15H15BrFN/c1-10-3-2-4-13(15(10)17)14(18)9-11-5-7-12(16)8-6-11/h2-8,14H,9,18H2,1H3. The van der Waals surface area contributed by atoms with Crippen molar-refractivity contribution in [1.29, 1.82) is 0 Å². The van der Waals surface area contributed by atoms with Gasteiger partial charge in [0.15, 0.2) is 0 Å². The molecule has 0 spiro atoms. The summed E-state index contributed by atoms with van der Waals surface area (Å²) in [6.07, 6.45) is 0.633. The predicted molar refractivity (Wildman–Crippen MR) is 75.9 cm³/mol. The zero-order chi connectivity index (χ0) is 13.1. The molecule has 2 aromatic carbocycles. The molecule has 0 saturated heterocycles. The van der Waals surface area contributed by atoms with Gasteiger partial charge in [-0.3, -0.25) is 0 Å². The van der Waals surface area contributed by atoms with Crippen molar-refractivity contribution in [2.24, 2.45) is 5.73 Å². The van der Waals surface area contributed by atoms with Crippen LogP contribution in [-0.2, 0) is 6.42 Å². The summed E-state index contributed by atoms with van der Waals surface area (Å²) in [7, 11) is 0. The molecular formula is C15H15BrFN. The lowest BCUT2D eigenvalue weighted by Gasteiger charge is -2.14. The largest absolute Gasteiger partial charge is 0.324 e. The first kappa shape index (κ1) is 13.2. The molecule has 0 radical (unpaired) electrons. The van der Waals surface area contributed by atoms with Crippen LogP contribution in [-0.4, -0.2) is 0 Å². The van der Waals surface area contributed by atoms with E-state index in [-0.39, 0.29) is 11.9 Å². The van der Waals surface area contributed by atoms with Gasteiger partial charge in [-0.05, 0) is 36.6 Å². The Morgan fingerprint density at radius 1 is 1.17 bits per heavy atom. The molecule has 0 bridgehead atoms. The normalized spacial score (nSPS) is 12.4. The van der Waals surface area contributed by atoms with Crippen molar-refractivity contribution in [3.05, 3.63) is 69.4 Å². The van der Waals surface area contributed by atoms with Gasteiger partial charge in [0.05, 0.1) is 0 Å². The fourth-order valence-electron chi connectivity index (χ4n) is 1.94. The van der Waals surface area contributed by atoms with Gasteiger partial charge >= 0.3 is 0 Å². The maximum atomic E-state index is 13.9. The molecule has 1 unspecified atom stereocenters. The Morgan fingerprint density at radius 2 is 1.83 bits per heavy atom. The Hall–Kier alpha value is -1.19. The number of aryl methyl sites for hydroxylation is 1. The average Bonchev–Trinajstić information content (AvgIpc) is 2.35. The highest BCUT2D eigenvalue weighted by atomic mass is 79.9. The number of benzene rings is 2. The lowest BCUT2D eigenvalue weighted by atomic mass is 9.98. The number of nitrogens with two attached hydrogens (primary N) is 1. The highest BCUT2D eigenvalue weighted by Crippen LogP contribution is 2.22. The van der Waals surface area contributed by atoms with Gasteiger partial charge in [-0.15, -0.1) is 0 Å². The van der Waals surface area contributed by atoms with E-state index < -0.39 is 0 Å². The molecule has 0 aromatic heterocycles. The number of rotatable bonds is 3. The van der Waals surface area contributed by atoms with E-state index in [1.807, 2.05) is 30.3 Å². The van der Waals surface area contributed by atoms with Crippen LogP contribution in [0.1, 0.15) is 22.7 Å². The van der Waals surface area contributed by atoms with Crippen LogP contribution in [0, 0.1) is 12.7 Å². The number of halogens is 2. The third-order valence-corrected chi connectivity index (χ3v) is 3.52. The number of hydrogen-bond acceptors (Lipinski definition) is 1. The van der Waals surface area contributed by atoms with Gasteiger partial charge in [0, 0.05) is 16.1 Å².